The van der Waals surface area contributed by atoms with E-state index in [2.05, 4.69) is 10.6 Å². The molecule has 0 aliphatic heterocycles. The molecule has 0 saturated heterocycles. The predicted molar refractivity (Wildman–Crippen MR) is 70.0 cm³/mol. The highest BCUT2D eigenvalue weighted by atomic mass is 32.2. The minimum absolute atomic E-state index is 0.0458. The van der Waals surface area contributed by atoms with Crippen LogP contribution in [0.4, 0.5) is 4.79 Å². The average molecular weight is 295 g/mol. The number of hydrogen-bond donors (Lipinski definition) is 4. The Balaban J connectivity index is 3.83. The molecule has 0 fully saturated rings. The third-order valence-corrected chi connectivity index (χ3v) is 3.24. The molecule has 0 aromatic heterocycles. The van der Waals surface area contributed by atoms with Gasteiger partial charge in [-0.1, -0.05) is 13.3 Å². The normalized spacial score (nSPS) is 12.7. The van der Waals surface area contributed by atoms with E-state index >= 15 is 0 Å². The Hall–Kier alpha value is -1.35. The van der Waals surface area contributed by atoms with Gasteiger partial charge < -0.3 is 15.7 Å². The van der Waals surface area contributed by atoms with Gasteiger partial charge in [-0.25, -0.2) is 18.4 Å². The van der Waals surface area contributed by atoms with Crippen molar-refractivity contribution in [3.8, 4) is 0 Å². The maximum atomic E-state index is 11.3. The van der Waals surface area contributed by atoms with Crippen molar-refractivity contribution in [3.63, 3.8) is 0 Å². The number of amides is 2. The number of carbonyl (C=O) groups is 2. The van der Waals surface area contributed by atoms with Crippen LogP contribution in [0.1, 0.15) is 26.2 Å². The summed E-state index contributed by atoms with van der Waals surface area (Å²) in [4.78, 5) is 22.1. The van der Waals surface area contributed by atoms with Gasteiger partial charge in [0.05, 0.1) is 11.7 Å². The fourth-order valence-corrected chi connectivity index (χ4v) is 1.96. The second kappa shape index (κ2) is 8.70. The summed E-state index contributed by atoms with van der Waals surface area (Å²) < 4.78 is 21.2. The summed E-state index contributed by atoms with van der Waals surface area (Å²) in [6.45, 7) is 2.07. The molecule has 1 atom stereocenters. The predicted octanol–water partition coefficient (Wildman–Crippen LogP) is -0.535. The van der Waals surface area contributed by atoms with Crippen LogP contribution >= 0.6 is 0 Å². The first-order valence-corrected chi connectivity index (χ1v) is 7.72. The lowest BCUT2D eigenvalue weighted by Gasteiger charge is -2.12. The second-order valence-corrected chi connectivity index (χ2v) is 5.92. The third kappa shape index (κ3) is 10.3. The van der Waals surface area contributed by atoms with Crippen molar-refractivity contribution in [2.45, 2.75) is 26.2 Å². The molecule has 0 aliphatic rings. The summed E-state index contributed by atoms with van der Waals surface area (Å²) >= 11 is 0. The molecule has 0 aromatic rings. The smallest absolute Gasteiger partial charge is 0.314 e. The molecule has 8 nitrogen and oxygen atoms in total. The molecule has 9 heteroatoms. The molecule has 0 radical (unpaired) electrons. The number of carboxylic acid groups (broad SMARTS) is 1. The lowest BCUT2D eigenvalue weighted by molar-refractivity contribution is -0.141. The minimum atomic E-state index is -3.52. The largest absolute Gasteiger partial charge is 0.481 e. The number of hydrogen-bond acceptors (Lipinski definition) is 4. The Morgan fingerprint density at radius 2 is 1.95 bits per heavy atom. The number of primary sulfonamides is 1. The van der Waals surface area contributed by atoms with Crippen molar-refractivity contribution in [3.05, 3.63) is 0 Å². The number of carbonyl (C=O) groups excluding carboxylic acids is 1. The second-order valence-electron chi connectivity index (χ2n) is 4.18. The van der Waals surface area contributed by atoms with Crippen LogP contribution in [0.5, 0.6) is 0 Å². The Morgan fingerprint density at radius 1 is 1.32 bits per heavy atom. The molecule has 5 N–H and O–H groups in total. The highest BCUT2D eigenvalue weighted by Crippen LogP contribution is 2.04. The van der Waals surface area contributed by atoms with Crippen molar-refractivity contribution < 1.29 is 23.1 Å². The lowest BCUT2D eigenvalue weighted by atomic mass is 10.0. The van der Waals surface area contributed by atoms with Crippen LogP contribution in [0.2, 0.25) is 0 Å². The number of aliphatic carboxylic acids is 1. The van der Waals surface area contributed by atoms with E-state index in [1.807, 2.05) is 6.92 Å². The van der Waals surface area contributed by atoms with Crippen molar-refractivity contribution in [1.82, 2.24) is 10.6 Å². The number of carboxylic acids is 1. The van der Waals surface area contributed by atoms with Crippen LogP contribution in [0.3, 0.4) is 0 Å². The van der Waals surface area contributed by atoms with E-state index in [9.17, 15) is 18.0 Å². The molecule has 0 saturated carbocycles. The molecule has 112 valence electrons. The van der Waals surface area contributed by atoms with Gasteiger partial charge in [0.1, 0.15) is 0 Å². The molecule has 0 bridgehead atoms. The van der Waals surface area contributed by atoms with Crippen molar-refractivity contribution in [1.29, 1.82) is 0 Å². The van der Waals surface area contributed by atoms with Gasteiger partial charge >= 0.3 is 12.0 Å². The maximum absolute atomic E-state index is 11.3. The Morgan fingerprint density at radius 3 is 2.42 bits per heavy atom. The highest BCUT2D eigenvalue weighted by molar-refractivity contribution is 7.89. The van der Waals surface area contributed by atoms with Crippen molar-refractivity contribution in [2.24, 2.45) is 11.1 Å². The van der Waals surface area contributed by atoms with E-state index < -0.39 is 27.9 Å². The molecule has 19 heavy (non-hydrogen) atoms. The molecule has 0 heterocycles. The van der Waals surface area contributed by atoms with Gasteiger partial charge in [0.15, 0.2) is 0 Å². The fraction of sp³-hybridized carbons (Fsp3) is 0.800. The van der Waals surface area contributed by atoms with E-state index in [-0.39, 0.29) is 25.3 Å². The summed E-state index contributed by atoms with van der Waals surface area (Å²) in [5, 5.41) is 18.5. The van der Waals surface area contributed by atoms with E-state index in [4.69, 9.17) is 10.2 Å². The van der Waals surface area contributed by atoms with Gasteiger partial charge in [-0.15, -0.1) is 0 Å². The van der Waals surface area contributed by atoms with Crippen LogP contribution in [0.15, 0.2) is 0 Å². The first kappa shape index (κ1) is 17.6. The first-order chi connectivity index (χ1) is 8.76. The van der Waals surface area contributed by atoms with E-state index in [1.54, 1.807) is 0 Å². The zero-order valence-corrected chi connectivity index (χ0v) is 11.7. The summed E-state index contributed by atoms with van der Waals surface area (Å²) in [5.74, 6) is -1.77. The maximum Gasteiger partial charge on any atom is 0.314 e. The third-order valence-electron chi connectivity index (χ3n) is 2.39. The molecule has 0 aromatic carbocycles. The highest BCUT2D eigenvalue weighted by Gasteiger charge is 2.16. The number of urea groups is 1. The van der Waals surface area contributed by atoms with Crippen LogP contribution in [0.25, 0.3) is 0 Å². The number of sulfonamides is 1. The SMILES string of the molecule is CCCC(CNC(=O)NCCCS(N)(=O)=O)C(=O)O. The van der Waals surface area contributed by atoms with E-state index in [0.29, 0.717) is 12.8 Å². The van der Waals surface area contributed by atoms with Crippen LogP contribution < -0.4 is 15.8 Å². The van der Waals surface area contributed by atoms with Gasteiger partial charge in [0.25, 0.3) is 0 Å². The molecule has 2 amide bonds. The molecule has 0 aliphatic carbocycles. The fourth-order valence-electron chi connectivity index (χ4n) is 1.41. The van der Waals surface area contributed by atoms with Gasteiger partial charge in [0, 0.05) is 13.1 Å². The van der Waals surface area contributed by atoms with Crippen LogP contribution in [0, 0.1) is 5.92 Å². The van der Waals surface area contributed by atoms with Gasteiger partial charge in [0.2, 0.25) is 10.0 Å². The summed E-state index contributed by atoms with van der Waals surface area (Å²) in [7, 11) is -3.52. The quantitative estimate of drug-likeness (QED) is 0.423. The summed E-state index contributed by atoms with van der Waals surface area (Å²) in [6, 6.07) is -0.517. The number of rotatable bonds is 9. The summed E-state index contributed by atoms with van der Waals surface area (Å²) in [6.07, 6.45) is 1.42. The standard InChI is InChI=1S/C10H21N3O5S/c1-2-4-8(9(14)15)7-13-10(16)12-5-3-6-19(11,17)18/h8H,2-7H2,1H3,(H,14,15)(H2,11,17,18)(H2,12,13,16). The molecule has 0 rings (SSSR count). The van der Waals surface area contributed by atoms with E-state index in [1.165, 1.54) is 0 Å². The van der Waals surface area contributed by atoms with Crippen molar-refractivity contribution in [2.75, 3.05) is 18.8 Å². The lowest BCUT2D eigenvalue weighted by Crippen LogP contribution is -2.40. The van der Waals surface area contributed by atoms with Crippen LogP contribution in [-0.4, -0.2) is 44.4 Å². The van der Waals surface area contributed by atoms with Gasteiger partial charge in [-0.3, -0.25) is 4.79 Å². The Kier molecular flexibility index (Phi) is 8.08. The molecule has 1 unspecified atom stereocenters. The summed E-state index contributed by atoms with van der Waals surface area (Å²) in [5.41, 5.74) is 0. The monoisotopic (exact) mass is 295 g/mol. The molecular formula is C10H21N3O5S. The Bertz CT molecular complexity index is 396. The number of nitrogens with two attached hydrogens (primary N) is 1. The van der Waals surface area contributed by atoms with Crippen LogP contribution in [-0.2, 0) is 14.8 Å². The zero-order chi connectivity index (χ0) is 14.9. The average Bonchev–Trinajstić information content (AvgIpc) is 2.28. The van der Waals surface area contributed by atoms with E-state index in [0.717, 1.165) is 0 Å². The van der Waals surface area contributed by atoms with Crippen molar-refractivity contribution >= 4 is 22.0 Å². The van der Waals surface area contributed by atoms with Gasteiger partial charge in [-0.2, -0.15) is 0 Å². The topological polar surface area (TPSA) is 139 Å². The minimum Gasteiger partial charge on any atom is -0.481 e. The first-order valence-electron chi connectivity index (χ1n) is 6.01. The van der Waals surface area contributed by atoms with Gasteiger partial charge in [-0.05, 0) is 12.8 Å². The zero-order valence-electron chi connectivity index (χ0n) is 10.9. The molecule has 0 spiro atoms. The number of nitrogens with one attached hydrogen (secondary N) is 2. The molecular weight excluding hydrogens is 274 g/mol. The Labute approximate surface area is 112 Å².